The largest absolute Gasteiger partial charge is 0.497 e. The minimum Gasteiger partial charge on any atom is -0.497 e. The van der Waals surface area contributed by atoms with Crippen LogP contribution in [0.5, 0.6) is 11.5 Å². The zero-order chi connectivity index (χ0) is 24.4. The summed E-state index contributed by atoms with van der Waals surface area (Å²) in [5, 5.41) is 0.522. The number of amides is 1. The van der Waals surface area contributed by atoms with Gasteiger partial charge in [0.25, 0.3) is 5.91 Å². The van der Waals surface area contributed by atoms with E-state index in [0.717, 1.165) is 16.9 Å². The summed E-state index contributed by atoms with van der Waals surface area (Å²) in [6.45, 7) is 1.03. The Bertz CT molecular complexity index is 1280. The lowest BCUT2D eigenvalue weighted by Gasteiger charge is -2.44. The van der Waals surface area contributed by atoms with E-state index in [1.807, 2.05) is 65.6 Å². The average molecular weight is 488 g/mol. The van der Waals surface area contributed by atoms with Crippen molar-refractivity contribution in [1.29, 1.82) is 0 Å². The number of methoxy groups -OCH3 is 1. The number of likely N-dealkylation sites (tertiary alicyclic amines) is 1. The van der Waals surface area contributed by atoms with Crippen molar-refractivity contribution in [3.63, 3.8) is 0 Å². The van der Waals surface area contributed by atoms with Crippen LogP contribution in [0.3, 0.4) is 0 Å². The van der Waals surface area contributed by atoms with E-state index in [-0.39, 0.29) is 11.7 Å². The molecule has 2 aliphatic rings. The van der Waals surface area contributed by atoms with Crippen molar-refractivity contribution in [3.05, 3.63) is 94.5 Å². The number of carbonyl (C=O) groups is 2. The molecule has 5 nitrogen and oxygen atoms in total. The molecule has 3 aromatic rings. The molecule has 0 saturated carbocycles. The van der Waals surface area contributed by atoms with Crippen LogP contribution in [0.4, 0.5) is 0 Å². The molecule has 2 heterocycles. The number of carbonyl (C=O) groups excluding carboxylic acids is 2. The van der Waals surface area contributed by atoms with Gasteiger partial charge in [0.15, 0.2) is 5.78 Å². The zero-order valence-electron chi connectivity index (χ0n) is 19.5. The first kappa shape index (κ1) is 23.2. The first-order valence-corrected chi connectivity index (χ1v) is 12.1. The Morgan fingerprint density at radius 1 is 1.03 bits per heavy atom. The molecule has 1 spiro atoms. The maximum atomic E-state index is 13.7. The van der Waals surface area contributed by atoms with Crippen LogP contribution in [0.25, 0.3) is 11.6 Å². The van der Waals surface area contributed by atoms with Crippen LogP contribution in [0.2, 0.25) is 5.02 Å². The van der Waals surface area contributed by atoms with Gasteiger partial charge in [-0.05, 0) is 47.5 Å². The number of benzene rings is 3. The number of hydrogen-bond donors (Lipinski definition) is 0. The van der Waals surface area contributed by atoms with Crippen LogP contribution in [0.15, 0.2) is 72.8 Å². The minimum atomic E-state index is -0.582. The Morgan fingerprint density at radius 3 is 2.43 bits per heavy atom. The van der Waals surface area contributed by atoms with Gasteiger partial charge in [0, 0.05) is 36.5 Å². The van der Waals surface area contributed by atoms with Crippen molar-refractivity contribution < 1.29 is 19.1 Å². The number of rotatable bonds is 4. The van der Waals surface area contributed by atoms with Crippen molar-refractivity contribution in [3.8, 4) is 11.5 Å². The van der Waals surface area contributed by atoms with Gasteiger partial charge in [-0.15, -0.1) is 0 Å². The summed E-state index contributed by atoms with van der Waals surface area (Å²) in [6, 6.07) is 22.5. The van der Waals surface area contributed by atoms with E-state index in [1.165, 1.54) is 0 Å². The molecule has 1 saturated heterocycles. The fourth-order valence-corrected chi connectivity index (χ4v) is 4.96. The Kier molecular flexibility index (Phi) is 6.35. The lowest BCUT2D eigenvalue weighted by Crippen LogP contribution is -2.52. The van der Waals surface area contributed by atoms with Gasteiger partial charge in [-0.3, -0.25) is 9.59 Å². The molecular formula is C29H26ClNO4. The number of ether oxygens (including phenoxy) is 2. The highest BCUT2D eigenvalue weighted by molar-refractivity contribution is 6.31. The highest BCUT2D eigenvalue weighted by Crippen LogP contribution is 2.40. The van der Waals surface area contributed by atoms with Gasteiger partial charge >= 0.3 is 0 Å². The first-order chi connectivity index (χ1) is 17.0. The number of ketones is 1. The van der Waals surface area contributed by atoms with Crippen LogP contribution in [0.1, 0.15) is 40.7 Å². The molecule has 1 amide bonds. The summed E-state index contributed by atoms with van der Waals surface area (Å²) < 4.78 is 11.6. The summed E-state index contributed by atoms with van der Waals surface area (Å²) in [4.78, 5) is 28.4. The third-order valence-electron chi connectivity index (χ3n) is 6.76. The zero-order valence-corrected chi connectivity index (χ0v) is 20.3. The van der Waals surface area contributed by atoms with E-state index in [0.29, 0.717) is 54.3 Å². The number of nitrogens with zero attached hydrogens (tertiary/aromatic N) is 1. The van der Waals surface area contributed by atoms with E-state index in [4.69, 9.17) is 21.1 Å². The van der Waals surface area contributed by atoms with Crippen molar-refractivity contribution in [1.82, 2.24) is 4.90 Å². The third kappa shape index (κ3) is 4.82. The van der Waals surface area contributed by atoms with E-state index >= 15 is 0 Å². The molecule has 1 fully saturated rings. The number of fused-ring (bicyclic) bond motifs is 1. The second-order valence-corrected chi connectivity index (χ2v) is 9.45. The quantitative estimate of drug-likeness (QED) is 0.339. The summed E-state index contributed by atoms with van der Waals surface area (Å²) in [7, 11) is 1.63. The van der Waals surface area contributed by atoms with Gasteiger partial charge in [-0.2, -0.15) is 0 Å². The number of Topliss-reactive ketones (excluding diaryl/α,β-unsaturated/α-hetero) is 1. The highest BCUT2D eigenvalue weighted by atomic mass is 35.5. The standard InChI is InChI=1S/C29H26ClNO4/c1-34-23-10-7-20(8-11-23)17-24(21-5-3-2-4-6-21)28(33)31-15-13-29(14-16-31)19-26(32)25-18-22(30)9-12-27(25)35-29/h2-12,17-18H,13-16,19H2,1H3/b24-17+. The molecule has 0 bridgehead atoms. The van der Waals surface area contributed by atoms with E-state index in [2.05, 4.69) is 0 Å². The lowest BCUT2D eigenvalue weighted by molar-refractivity contribution is -0.128. The van der Waals surface area contributed by atoms with Crippen molar-refractivity contribution in [2.45, 2.75) is 24.9 Å². The minimum absolute atomic E-state index is 0.0313. The van der Waals surface area contributed by atoms with E-state index in [9.17, 15) is 9.59 Å². The molecule has 0 aromatic heterocycles. The highest BCUT2D eigenvalue weighted by Gasteiger charge is 2.44. The predicted molar refractivity (Wildman–Crippen MR) is 137 cm³/mol. The predicted octanol–water partition coefficient (Wildman–Crippen LogP) is 5.92. The molecule has 35 heavy (non-hydrogen) atoms. The SMILES string of the molecule is COc1ccc(/C=C(/C(=O)N2CCC3(CC2)CC(=O)c2cc(Cl)ccc2O3)c2ccccc2)cc1. The molecule has 0 aliphatic carbocycles. The maximum absolute atomic E-state index is 13.7. The second-order valence-electron chi connectivity index (χ2n) is 9.01. The van der Waals surface area contributed by atoms with Gasteiger partial charge in [-0.25, -0.2) is 0 Å². The number of hydrogen-bond acceptors (Lipinski definition) is 4. The third-order valence-corrected chi connectivity index (χ3v) is 6.99. The fraction of sp³-hybridized carbons (Fsp3) is 0.241. The molecule has 0 unspecified atom stereocenters. The first-order valence-electron chi connectivity index (χ1n) is 11.7. The van der Waals surface area contributed by atoms with Crippen LogP contribution in [-0.4, -0.2) is 42.4 Å². The van der Waals surface area contributed by atoms with Crippen molar-refractivity contribution >= 4 is 34.9 Å². The monoisotopic (exact) mass is 487 g/mol. The number of piperidine rings is 1. The van der Waals surface area contributed by atoms with E-state index in [1.54, 1.807) is 25.3 Å². The van der Waals surface area contributed by atoms with Gasteiger partial charge < -0.3 is 14.4 Å². The molecule has 0 atom stereocenters. The molecule has 0 N–H and O–H groups in total. The van der Waals surface area contributed by atoms with Crippen LogP contribution >= 0.6 is 11.6 Å². The average Bonchev–Trinajstić information content (AvgIpc) is 2.89. The summed E-state index contributed by atoms with van der Waals surface area (Å²) in [5.41, 5.74) is 2.37. The van der Waals surface area contributed by atoms with Crippen LogP contribution < -0.4 is 9.47 Å². The smallest absolute Gasteiger partial charge is 0.254 e. The van der Waals surface area contributed by atoms with Gasteiger partial charge in [0.1, 0.15) is 17.1 Å². The Morgan fingerprint density at radius 2 is 1.74 bits per heavy atom. The van der Waals surface area contributed by atoms with E-state index < -0.39 is 5.60 Å². The fourth-order valence-electron chi connectivity index (χ4n) is 4.79. The van der Waals surface area contributed by atoms with Crippen molar-refractivity contribution in [2.75, 3.05) is 20.2 Å². The summed E-state index contributed by atoms with van der Waals surface area (Å²) >= 11 is 6.06. The number of halogens is 1. The van der Waals surface area contributed by atoms with Crippen LogP contribution in [-0.2, 0) is 4.79 Å². The molecule has 178 valence electrons. The van der Waals surface area contributed by atoms with Crippen molar-refractivity contribution in [2.24, 2.45) is 0 Å². The maximum Gasteiger partial charge on any atom is 0.254 e. The van der Waals surface area contributed by atoms with Gasteiger partial charge in [-0.1, -0.05) is 54.1 Å². The summed E-state index contributed by atoms with van der Waals surface area (Å²) in [6.07, 6.45) is 3.41. The molecular weight excluding hydrogens is 462 g/mol. The lowest BCUT2D eigenvalue weighted by atomic mass is 9.82. The second kappa shape index (κ2) is 9.59. The topological polar surface area (TPSA) is 55.8 Å². The Hall–Kier alpha value is -3.57. The molecule has 6 heteroatoms. The molecule has 5 rings (SSSR count). The van der Waals surface area contributed by atoms with Gasteiger partial charge in [0.2, 0.25) is 0 Å². The Balaban J connectivity index is 1.36. The summed E-state index contributed by atoms with van der Waals surface area (Å²) in [5.74, 6) is 1.35. The molecule has 0 radical (unpaired) electrons. The normalized spacial score (nSPS) is 17.0. The van der Waals surface area contributed by atoms with Gasteiger partial charge in [0.05, 0.1) is 19.1 Å². The van der Waals surface area contributed by atoms with Crippen LogP contribution in [0, 0.1) is 0 Å². The molecule has 3 aromatic carbocycles. The Labute approximate surface area is 209 Å². The molecule has 2 aliphatic heterocycles.